The Morgan fingerprint density at radius 1 is 1.14 bits per heavy atom. The number of ether oxygens (including phenoxy) is 1. The van der Waals surface area contributed by atoms with Gasteiger partial charge in [-0.25, -0.2) is 0 Å². The lowest BCUT2D eigenvalue weighted by Crippen LogP contribution is -2.32. The van der Waals surface area contributed by atoms with Gasteiger partial charge in [0.05, 0.1) is 12.4 Å². The minimum Gasteiger partial charge on any atom is -0.497 e. The van der Waals surface area contributed by atoms with E-state index >= 15 is 0 Å². The zero-order chi connectivity index (χ0) is 15.9. The third kappa shape index (κ3) is 4.53. The molecule has 0 aliphatic rings. The molecule has 0 spiro atoms. The first-order valence-corrected chi connectivity index (χ1v) is 8.07. The predicted molar refractivity (Wildman–Crippen MR) is 91.2 cm³/mol. The maximum atomic E-state index is 12.5. The predicted octanol–water partition coefficient (Wildman–Crippen LogP) is 3.83. The van der Waals surface area contributed by atoms with E-state index in [1.165, 1.54) is 0 Å². The lowest BCUT2D eigenvalue weighted by Gasteiger charge is -2.21. The van der Waals surface area contributed by atoms with Gasteiger partial charge in [-0.2, -0.15) is 0 Å². The summed E-state index contributed by atoms with van der Waals surface area (Å²) in [7, 11) is 3.49. The van der Waals surface area contributed by atoms with Crippen molar-refractivity contribution in [3.8, 4) is 5.75 Å². The van der Waals surface area contributed by atoms with Gasteiger partial charge in [-0.05, 0) is 36.8 Å². The number of rotatable bonds is 6. The summed E-state index contributed by atoms with van der Waals surface area (Å²) in [5, 5.41) is -0.123. The van der Waals surface area contributed by atoms with Crippen molar-refractivity contribution in [3.63, 3.8) is 0 Å². The van der Waals surface area contributed by atoms with Crippen LogP contribution in [0.1, 0.15) is 12.5 Å². The molecule has 0 aromatic heterocycles. The second-order valence-electron chi connectivity index (χ2n) is 5.12. The number of thioether (sulfide) groups is 1. The number of carbonyl (C=O) groups excluding carboxylic acids is 1. The summed E-state index contributed by atoms with van der Waals surface area (Å²) in [6.45, 7) is 2.58. The van der Waals surface area contributed by atoms with E-state index in [-0.39, 0.29) is 11.2 Å². The molecule has 0 radical (unpaired) electrons. The van der Waals surface area contributed by atoms with Gasteiger partial charge in [0.2, 0.25) is 5.91 Å². The molecular weight excluding hydrogens is 294 g/mol. The van der Waals surface area contributed by atoms with Crippen molar-refractivity contribution in [2.75, 3.05) is 14.2 Å². The molecule has 0 heterocycles. The first-order chi connectivity index (χ1) is 10.6. The van der Waals surface area contributed by atoms with Gasteiger partial charge < -0.3 is 9.64 Å². The molecular formula is C18H21NO2S. The lowest BCUT2D eigenvalue weighted by molar-refractivity contribution is -0.129. The van der Waals surface area contributed by atoms with Crippen LogP contribution in [0.4, 0.5) is 0 Å². The molecule has 4 heteroatoms. The second kappa shape index (κ2) is 7.90. The SMILES string of the molecule is COc1ccc(S[C@@H](C)C(=O)N(C)Cc2ccccc2)cc1. The average Bonchev–Trinajstić information content (AvgIpc) is 2.55. The fraction of sp³-hybridized carbons (Fsp3) is 0.278. The number of amides is 1. The standard InChI is InChI=1S/C18H21NO2S/c1-14(22-17-11-9-16(21-3)10-12-17)18(20)19(2)13-15-7-5-4-6-8-15/h4-12,14H,13H2,1-3H3/t14-/m0/s1. The van der Waals surface area contributed by atoms with E-state index in [2.05, 4.69) is 0 Å². The molecule has 0 bridgehead atoms. The minimum absolute atomic E-state index is 0.123. The number of hydrogen-bond donors (Lipinski definition) is 0. The number of hydrogen-bond acceptors (Lipinski definition) is 3. The molecule has 22 heavy (non-hydrogen) atoms. The van der Waals surface area contributed by atoms with E-state index in [1.807, 2.05) is 68.6 Å². The van der Waals surface area contributed by atoms with Crippen LogP contribution in [0.25, 0.3) is 0 Å². The fourth-order valence-corrected chi connectivity index (χ4v) is 3.14. The van der Waals surface area contributed by atoms with E-state index in [0.717, 1.165) is 16.2 Å². The summed E-state index contributed by atoms with van der Waals surface area (Å²) in [6.07, 6.45) is 0. The van der Waals surface area contributed by atoms with Gasteiger partial charge in [-0.3, -0.25) is 4.79 Å². The van der Waals surface area contributed by atoms with Gasteiger partial charge in [0.15, 0.2) is 0 Å². The van der Waals surface area contributed by atoms with Crippen LogP contribution in [0, 0.1) is 0 Å². The Bertz CT molecular complexity index is 598. The highest BCUT2D eigenvalue weighted by Crippen LogP contribution is 2.26. The molecule has 2 aromatic carbocycles. The summed E-state index contributed by atoms with van der Waals surface area (Å²) in [4.78, 5) is 15.3. The van der Waals surface area contributed by atoms with Crippen LogP contribution < -0.4 is 4.74 Å². The van der Waals surface area contributed by atoms with Crippen molar-refractivity contribution in [1.29, 1.82) is 0 Å². The first-order valence-electron chi connectivity index (χ1n) is 7.20. The third-order valence-electron chi connectivity index (χ3n) is 3.36. The van der Waals surface area contributed by atoms with Crippen LogP contribution in [0.15, 0.2) is 59.5 Å². The summed E-state index contributed by atoms with van der Waals surface area (Å²) < 4.78 is 5.14. The molecule has 0 aliphatic carbocycles. The van der Waals surface area contributed by atoms with Gasteiger partial charge in [-0.15, -0.1) is 11.8 Å². The van der Waals surface area contributed by atoms with Crippen molar-refractivity contribution < 1.29 is 9.53 Å². The third-order valence-corrected chi connectivity index (χ3v) is 4.46. The monoisotopic (exact) mass is 315 g/mol. The molecule has 116 valence electrons. The fourth-order valence-electron chi connectivity index (χ4n) is 2.15. The Morgan fingerprint density at radius 3 is 2.36 bits per heavy atom. The van der Waals surface area contributed by atoms with Crippen LogP contribution in [-0.4, -0.2) is 30.2 Å². The van der Waals surface area contributed by atoms with Crippen molar-refractivity contribution in [3.05, 3.63) is 60.2 Å². The van der Waals surface area contributed by atoms with Gasteiger partial charge in [0, 0.05) is 18.5 Å². The Hall–Kier alpha value is -1.94. The van der Waals surface area contributed by atoms with E-state index in [0.29, 0.717) is 6.54 Å². The van der Waals surface area contributed by atoms with Crippen molar-refractivity contribution in [2.45, 2.75) is 23.6 Å². The average molecular weight is 315 g/mol. The summed E-state index contributed by atoms with van der Waals surface area (Å²) in [6, 6.07) is 17.8. The summed E-state index contributed by atoms with van der Waals surface area (Å²) in [5.41, 5.74) is 1.14. The van der Waals surface area contributed by atoms with Crippen LogP contribution in [0.2, 0.25) is 0 Å². The molecule has 3 nitrogen and oxygen atoms in total. The topological polar surface area (TPSA) is 29.5 Å². The largest absolute Gasteiger partial charge is 0.497 e. The smallest absolute Gasteiger partial charge is 0.235 e. The number of nitrogens with zero attached hydrogens (tertiary/aromatic N) is 1. The van der Waals surface area contributed by atoms with Crippen LogP contribution in [-0.2, 0) is 11.3 Å². The molecule has 0 fully saturated rings. The second-order valence-corrected chi connectivity index (χ2v) is 6.53. The van der Waals surface area contributed by atoms with Crippen molar-refractivity contribution in [2.24, 2.45) is 0 Å². The van der Waals surface area contributed by atoms with Crippen molar-refractivity contribution >= 4 is 17.7 Å². The summed E-state index contributed by atoms with van der Waals surface area (Å²) >= 11 is 1.56. The van der Waals surface area contributed by atoms with Crippen LogP contribution >= 0.6 is 11.8 Å². The zero-order valence-electron chi connectivity index (χ0n) is 13.2. The number of carbonyl (C=O) groups is 1. The zero-order valence-corrected chi connectivity index (χ0v) is 14.0. The normalized spacial score (nSPS) is 11.8. The molecule has 0 aliphatic heterocycles. The molecule has 0 unspecified atom stereocenters. The number of methoxy groups -OCH3 is 1. The number of benzene rings is 2. The molecule has 1 atom stereocenters. The highest BCUT2D eigenvalue weighted by atomic mass is 32.2. The molecule has 2 aromatic rings. The Morgan fingerprint density at radius 2 is 1.77 bits per heavy atom. The lowest BCUT2D eigenvalue weighted by atomic mass is 10.2. The quantitative estimate of drug-likeness (QED) is 0.759. The maximum Gasteiger partial charge on any atom is 0.235 e. The van der Waals surface area contributed by atoms with Gasteiger partial charge in [-0.1, -0.05) is 30.3 Å². The van der Waals surface area contributed by atoms with E-state index < -0.39 is 0 Å². The molecule has 2 rings (SSSR count). The highest BCUT2D eigenvalue weighted by molar-refractivity contribution is 8.00. The van der Waals surface area contributed by atoms with Gasteiger partial charge in [0.25, 0.3) is 0 Å². The first kappa shape index (κ1) is 16.4. The minimum atomic E-state index is -0.123. The van der Waals surface area contributed by atoms with Gasteiger partial charge in [0.1, 0.15) is 5.75 Å². The van der Waals surface area contributed by atoms with Crippen LogP contribution in [0.5, 0.6) is 5.75 Å². The maximum absolute atomic E-state index is 12.5. The molecule has 0 N–H and O–H groups in total. The van der Waals surface area contributed by atoms with Gasteiger partial charge >= 0.3 is 0 Å². The molecule has 1 amide bonds. The molecule has 0 saturated heterocycles. The Labute approximate surface area is 136 Å². The van der Waals surface area contributed by atoms with E-state index in [1.54, 1.807) is 23.8 Å². The Balaban J connectivity index is 1.93. The van der Waals surface area contributed by atoms with E-state index in [9.17, 15) is 4.79 Å². The highest BCUT2D eigenvalue weighted by Gasteiger charge is 2.18. The van der Waals surface area contributed by atoms with Crippen LogP contribution in [0.3, 0.4) is 0 Å². The molecule has 0 saturated carbocycles. The summed E-state index contributed by atoms with van der Waals surface area (Å²) in [5.74, 6) is 0.953. The Kier molecular flexibility index (Phi) is 5.90. The van der Waals surface area contributed by atoms with Crippen molar-refractivity contribution in [1.82, 2.24) is 4.90 Å². The van der Waals surface area contributed by atoms with E-state index in [4.69, 9.17) is 4.74 Å².